The highest BCUT2D eigenvalue weighted by Crippen LogP contribution is 2.17. The average Bonchev–Trinajstić information content (AvgIpc) is 2.75. The monoisotopic (exact) mass is 218 g/mol. The minimum absolute atomic E-state index is 0.851. The predicted octanol–water partition coefficient (Wildman–Crippen LogP) is 2.12. The molecule has 0 spiro atoms. The molecule has 1 fully saturated rings. The van der Waals surface area contributed by atoms with Gasteiger partial charge in [0.1, 0.15) is 0 Å². The number of hydrogen-bond donors (Lipinski definition) is 1. The minimum atomic E-state index is 0.851. The number of nitrogens with zero attached hydrogens (tertiary/aromatic N) is 1. The lowest BCUT2D eigenvalue weighted by molar-refractivity contribution is 0.314. The predicted molar refractivity (Wildman–Crippen MR) is 68.4 cm³/mol. The van der Waals surface area contributed by atoms with Crippen LogP contribution in [0.4, 0.5) is 0 Å². The summed E-state index contributed by atoms with van der Waals surface area (Å²) in [7, 11) is 0. The summed E-state index contributed by atoms with van der Waals surface area (Å²) in [4.78, 5) is 2.57. The average molecular weight is 218 g/mol. The van der Waals surface area contributed by atoms with E-state index < -0.39 is 0 Å². The minimum Gasteiger partial charge on any atom is -0.317 e. The number of nitrogens with one attached hydrogen (secondary N) is 1. The molecule has 1 N–H and O–H groups in total. The third-order valence-electron chi connectivity index (χ3n) is 3.30. The van der Waals surface area contributed by atoms with Crippen LogP contribution in [0, 0.1) is 5.92 Å². The summed E-state index contributed by atoms with van der Waals surface area (Å²) in [6.45, 7) is 8.07. The van der Waals surface area contributed by atoms with Gasteiger partial charge in [-0.05, 0) is 37.5 Å². The van der Waals surface area contributed by atoms with E-state index in [1.54, 1.807) is 0 Å². The van der Waals surface area contributed by atoms with Crippen LogP contribution in [0.25, 0.3) is 0 Å². The molecule has 1 aliphatic heterocycles. The van der Waals surface area contributed by atoms with E-state index in [-0.39, 0.29) is 0 Å². The molecule has 1 aromatic carbocycles. The van der Waals surface area contributed by atoms with Crippen LogP contribution >= 0.6 is 0 Å². The molecule has 1 saturated heterocycles. The number of rotatable bonds is 5. The molecule has 0 radical (unpaired) electrons. The van der Waals surface area contributed by atoms with Crippen molar-refractivity contribution in [3.63, 3.8) is 0 Å². The van der Waals surface area contributed by atoms with Crippen molar-refractivity contribution in [2.45, 2.75) is 19.9 Å². The number of hydrogen-bond acceptors (Lipinski definition) is 2. The molecule has 2 rings (SSSR count). The van der Waals surface area contributed by atoms with E-state index in [0.717, 1.165) is 19.0 Å². The molecular weight excluding hydrogens is 196 g/mol. The summed E-state index contributed by atoms with van der Waals surface area (Å²) in [6, 6.07) is 10.8. The molecule has 1 aliphatic rings. The van der Waals surface area contributed by atoms with Gasteiger partial charge < -0.3 is 5.32 Å². The maximum Gasteiger partial charge on any atom is 0.0233 e. The second-order valence-electron chi connectivity index (χ2n) is 4.68. The van der Waals surface area contributed by atoms with Crippen molar-refractivity contribution in [1.29, 1.82) is 0 Å². The van der Waals surface area contributed by atoms with E-state index in [1.807, 2.05) is 0 Å². The molecule has 16 heavy (non-hydrogen) atoms. The Hall–Kier alpha value is -0.860. The highest BCUT2D eigenvalue weighted by atomic mass is 15.1. The van der Waals surface area contributed by atoms with Gasteiger partial charge in [0.25, 0.3) is 0 Å². The standard InChI is InChI=1S/C14H22N2/c1-2-15-10-14-8-9-16(12-14)11-13-6-4-3-5-7-13/h3-7,14-15H,2,8-12H2,1H3/t14-/m1/s1. The van der Waals surface area contributed by atoms with Gasteiger partial charge in [0.05, 0.1) is 0 Å². The SMILES string of the molecule is CCNC[C@H]1CCN(Cc2ccccc2)C1. The van der Waals surface area contributed by atoms with Gasteiger partial charge in [0, 0.05) is 13.1 Å². The Morgan fingerprint density at radius 1 is 1.31 bits per heavy atom. The fraction of sp³-hybridized carbons (Fsp3) is 0.571. The van der Waals surface area contributed by atoms with Crippen LogP contribution in [-0.2, 0) is 6.54 Å². The third-order valence-corrected chi connectivity index (χ3v) is 3.30. The van der Waals surface area contributed by atoms with E-state index in [0.29, 0.717) is 0 Å². The summed E-state index contributed by atoms with van der Waals surface area (Å²) in [5.41, 5.74) is 1.44. The van der Waals surface area contributed by atoms with E-state index in [2.05, 4.69) is 47.5 Å². The van der Waals surface area contributed by atoms with Crippen molar-refractivity contribution >= 4 is 0 Å². The first-order valence-electron chi connectivity index (χ1n) is 6.35. The van der Waals surface area contributed by atoms with Crippen LogP contribution in [0.2, 0.25) is 0 Å². The van der Waals surface area contributed by atoms with Gasteiger partial charge in [0.15, 0.2) is 0 Å². The quantitative estimate of drug-likeness (QED) is 0.814. The van der Waals surface area contributed by atoms with Crippen LogP contribution < -0.4 is 5.32 Å². The Labute approximate surface area is 98.7 Å². The Balaban J connectivity index is 1.76. The van der Waals surface area contributed by atoms with Crippen LogP contribution in [-0.4, -0.2) is 31.1 Å². The zero-order valence-electron chi connectivity index (χ0n) is 10.2. The second kappa shape index (κ2) is 6.02. The zero-order valence-corrected chi connectivity index (χ0v) is 10.2. The number of benzene rings is 1. The first kappa shape index (κ1) is 11.6. The maximum absolute atomic E-state index is 3.45. The molecule has 1 aromatic rings. The van der Waals surface area contributed by atoms with Gasteiger partial charge in [-0.2, -0.15) is 0 Å². The first-order chi connectivity index (χ1) is 7.88. The molecular formula is C14H22N2. The molecule has 0 amide bonds. The molecule has 0 bridgehead atoms. The highest BCUT2D eigenvalue weighted by molar-refractivity contribution is 5.14. The molecule has 0 saturated carbocycles. The van der Waals surface area contributed by atoms with Gasteiger partial charge in [0.2, 0.25) is 0 Å². The number of likely N-dealkylation sites (tertiary alicyclic amines) is 1. The van der Waals surface area contributed by atoms with Crippen molar-refractivity contribution < 1.29 is 0 Å². The van der Waals surface area contributed by atoms with Crippen LogP contribution in [0.1, 0.15) is 18.9 Å². The van der Waals surface area contributed by atoms with E-state index in [4.69, 9.17) is 0 Å². The molecule has 1 heterocycles. The topological polar surface area (TPSA) is 15.3 Å². The van der Waals surface area contributed by atoms with Crippen LogP contribution in [0.15, 0.2) is 30.3 Å². The van der Waals surface area contributed by atoms with Gasteiger partial charge in [-0.25, -0.2) is 0 Å². The molecule has 2 nitrogen and oxygen atoms in total. The van der Waals surface area contributed by atoms with Crippen molar-refractivity contribution in [1.82, 2.24) is 10.2 Å². The van der Waals surface area contributed by atoms with Crippen LogP contribution in [0.5, 0.6) is 0 Å². The maximum atomic E-state index is 3.45. The summed E-state index contributed by atoms with van der Waals surface area (Å²) in [5, 5.41) is 3.45. The fourth-order valence-corrected chi connectivity index (χ4v) is 2.41. The smallest absolute Gasteiger partial charge is 0.0233 e. The second-order valence-corrected chi connectivity index (χ2v) is 4.68. The van der Waals surface area contributed by atoms with Crippen molar-refractivity contribution in [3.8, 4) is 0 Å². The lowest BCUT2D eigenvalue weighted by Crippen LogP contribution is -2.26. The molecule has 0 aromatic heterocycles. The Kier molecular flexibility index (Phi) is 4.37. The highest BCUT2D eigenvalue weighted by Gasteiger charge is 2.21. The van der Waals surface area contributed by atoms with E-state index >= 15 is 0 Å². The summed E-state index contributed by atoms with van der Waals surface area (Å²) in [5.74, 6) is 0.851. The molecule has 88 valence electrons. The zero-order chi connectivity index (χ0) is 11.2. The summed E-state index contributed by atoms with van der Waals surface area (Å²) < 4.78 is 0. The van der Waals surface area contributed by atoms with Crippen molar-refractivity contribution in [2.75, 3.05) is 26.2 Å². The van der Waals surface area contributed by atoms with Gasteiger partial charge in [-0.3, -0.25) is 4.90 Å². The molecule has 0 aliphatic carbocycles. The largest absolute Gasteiger partial charge is 0.317 e. The molecule has 1 atom stereocenters. The summed E-state index contributed by atoms with van der Waals surface area (Å²) in [6.07, 6.45) is 1.35. The molecule has 2 heteroatoms. The fourth-order valence-electron chi connectivity index (χ4n) is 2.41. The summed E-state index contributed by atoms with van der Waals surface area (Å²) >= 11 is 0. The Bertz CT molecular complexity index is 297. The van der Waals surface area contributed by atoms with Gasteiger partial charge in [-0.1, -0.05) is 37.3 Å². The van der Waals surface area contributed by atoms with E-state index in [1.165, 1.54) is 31.6 Å². The van der Waals surface area contributed by atoms with Crippen LogP contribution in [0.3, 0.4) is 0 Å². The third kappa shape index (κ3) is 3.32. The van der Waals surface area contributed by atoms with Crippen molar-refractivity contribution in [2.24, 2.45) is 5.92 Å². The normalized spacial score (nSPS) is 21.4. The molecule has 0 unspecified atom stereocenters. The Morgan fingerprint density at radius 2 is 2.12 bits per heavy atom. The Morgan fingerprint density at radius 3 is 2.88 bits per heavy atom. The van der Waals surface area contributed by atoms with Gasteiger partial charge >= 0.3 is 0 Å². The lowest BCUT2D eigenvalue weighted by Gasteiger charge is -2.16. The first-order valence-corrected chi connectivity index (χ1v) is 6.35. The van der Waals surface area contributed by atoms with Gasteiger partial charge in [-0.15, -0.1) is 0 Å². The van der Waals surface area contributed by atoms with E-state index in [9.17, 15) is 0 Å². The van der Waals surface area contributed by atoms with Crippen molar-refractivity contribution in [3.05, 3.63) is 35.9 Å². The lowest BCUT2D eigenvalue weighted by atomic mass is 10.1.